The van der Waals surface area contributed by atoms with Crippen molar-refractivity contribution in [3.05, 3.63) is 29.1 Å². The molecule has 1 aliphatic heterocycles. The smallest absolute Gasteiger partial charge is 0.305 e. The van der Waals surface area contributed by atoms with Crippen molar-refractivity contribution in [2.75, 3.05) is 42.4 Å². The molecule has 1 aliphatic carbocycles. The molecule has 0 atom stereocenters. The summed E-state index contributed by atoms with van der Waals surface area (Å²) in [6.07, 6.45) is 8.23. The molecular formula is C20H25N6O3S+. The molecule has 2 aliphatic rings. The van der Waals surface area contributed by atoms with Crippen molar-refractivity contribution in [2.24, 2.45) is 0 Å². The van der Waals surface area contributed by atoms with Gasteiger partial charge in [0, 0.05) is 5.69 Å². The molecule has 1 saturated heterocycles. The summed E-state index contributed by atoms with van der Waals surface area (Å²) in [5.41, 5.74) is 2.78. The number of ether oxygens (including phenoxy) is 1. The van der Waals surface area contributed by atoms with Crippen LogP contribution in [0.1, 0.15) is 42.5 Å². The van der Waals surface area contributed by atoms with E-state index in [0.717, 1.165) is 31.4 Å². The van der Waals surface area contributed by atoms with Crippen LogP contribution in [0.3, 0.4) is 0 Å². The number of rotatable bonds is 5. The molecule has 0 aromatic carbocycles. The Balaban J connectivity index is 1.37. The number of pyridine rings is 1. The third-order valence-electron chi connectivity index (χ3n) is 5.22. The first kappa shape index (κ1) is 20.6. The molecule has 2 aromatic heterocycles. The minimum absolute atomic E-state index is 0.138. The van der Waals surface area contributed by atoms with Crippen LogP contribution in [0.2, 0.25) is 0 Å². The topological polar surface area (TPSA) is 108 Å². The number of fused-ring (bicyclic) bond motifs is 1. The summed E-state index contributed by atoms with van der Waals surface area (Å²) in [6, 6.07) is 4.19. The molecule has 2 aromatic rings. The van der Waals surface area contributed by atoms with Crippen LogP contribution in [-0.2, 0) is 22.4 Å². The van der Waals surface area contributed by atoms with Crippen LogP contribution >= 0.6 is 11.8 Å². The van der Waals surface area contributed by atoms with E-state index in [2.05, 4.69) is 16.7 Å². The van der Waals surface area contributed by atoms with Crippen LogP contribution < -0.4 is 15.1 Å². The average Bonchev–Trinajstić information content (AvgIpc) is 3.22. The molecule has 0 radical (unpaired) electrons. The highest BCUT2D eigenvalue weighted by Gasteiger charge is 2.24. The van der Waals surface area contributed by atoms with E-state index in [1.165, 1.54) is 30.2 Å². The van der Waals surface area contributed by atoms with Gasteiger partial charge < -0.3 is 4.74 Å². The van der Waals surface area contributed by atoms with E-state index >= 15 is 0 Å². The lowest BCUT2D eigenvalue weighted by atomic mass is 9.96. The van der Waals surface area contributed by atoms with Gasteiger partial charge in [-0.3, -0.25) is 14.6 Å². The highest BCUT2D eigenvalue weighted by atomic mass is 32.2. The third kappa shape index (κ3) is 5.09. The van der Waals surface area contributed by atoms with Gasteiger partial charge in [0.05, 0.1) is 42.4 Å². The van der Waals surface area contributed by atoms with Crippen molar-refractivity contribution < 1.29 is 18.8 Å². The Morgan fingerprint density at radius 3 is 2.87 bits per heavy atom. The van der Waals surface area contributed by atoms with Crippen molar-refractivity contribution in [1.82, 2.24) is 10.3 Å². The standard InChI is InChI=1S/C20H24N6O3S/c21-12-16-11-15-5-3-1-2-4-6-17(15)22-20(16)30-14-18(27)23-19-13-26(24-29-19)25-7-9-28-10-8-25/h11,13H,1-10,14H2/p+1. The van der Waals surface area contributed by atoms with Gasteiger partial charge in [0.15, 0.2) is 0 Å². The van der Waals surface area contributed by atoms with E-state index in [-0.39, 0.29) is 17.5 Å². The van der Waals surface area contributed by atoms with Crippen molar-refractivity contribution in [1.29, 1.82) is 5.26 Å². The monoisotopic (exact) mass is 429 g/mol. The number of aryl methyl sites for hydroxylation is 2. The number of carbonyl (C=O) groups is 1. The van der Waals surface area contributed by atoms with E-state index in [1.54, 1.807) is 11.0 Å². The van der Waals surface area contributed by atoms with Gasteiger partial charge in [-0.05, 0) is 37.3 Å². The van der Waals surface area contributed by atoms with Gasteiger partial charge >= 0.3 is 5.88 Å². The number of morpholine rings is 1. The second kappa shape index (κ2) is 9.91. The quantitative estimate of drug-likeness (QED) is 0.564. The normalized spacial score (nSPS) is 16.8. The van der Waals surface area contributed by atoms with Gasteiger partial charge in [0.25, 0.3) is 6.20 Å². The van der Waals surface area contributed by atoms with E-state index in [4.69, 9.17) is 14.2 Å². The van der Waals surface area contributed by atoms with Crippen molar-refractivity contribution >= 4 is 23.6 Å². The fourth-order valence-electron chi connectivity index (χ4n) is 3.65. The number of hydrogen-bond acceptors (Lipinski definition) is 8. The van der Waals surface area contributed by atoms with Crippen molar-refractivity contribution in [3.63, 3.8) is 0 Å². The molecule has 0 unspecified atom stereocenters. The van der Waals surface area contributed by atoms with Crippen LogP contribution in [0, 0.1) is 11.3 Å². The molecule has 0 saturated carbocycles. The lowest BCUT2D eigenvalue weighted by Crippen LogP contribution is -2.62. The first-order valence-electron chi connectivity index (χ1n) is 10.3. The molecule has 0 bridgehead atoms. The van der Waals surface area contributed by atoms with Crippen molar-refractivity contribution in [3.8, 4) is 6.07 Å². The first-order chi connectivity index (χ1) is 14.7. The summed E-state index contributed by atoms with van der Waals surface area (Å²) in [5, 5.41) is 18.8. The lowest BCUT2D eigenvalue weighted by Gasteiger charge is -2.18. The van der Waals surface area contributed by atoms with Gasteiger partial charge in [-0.15, -0.1) is 5.01 Å². The van der Waals surface area contributed by atoms with E-state index in [1.807, 2.05) is 11.1 Å². The summed E-state index contributed by atoms with van der Waals surface area (Å²) >= 11 is 1.28. The number of carbonyl (C=O) groups excluding carboxylic acids is 1. The zero-order valence-electron chi connectivity index (χ0n) is 16.8. The molecule has 10 heteroatoms. The number of nitrogens with zero attached hydrogens (tertiary/aromatic N) is 5. The minimum atomic E-state index is -0.234. The Kier molecular flexibility index (Phi) is 6.81. The number of aromatic nitrogens is 3. The van der Waals surface area contributed by atoms with Gasteiger partial charge in [-0.25, -0.2) is 4.98 Å². The number of nitrogens with one attached hydrogen (secondary N) is 1. The largest absolute Gasteiger partial charge is 0.377 e. The fourth-order valence-corrected chi connectivity index (χ4v) is 4.43. The molecule has 1 amide bonds. The predicted octanol–water partition coefficient (Wildman–Crippen LogP) is 1.59. The SMILES string of the molecule is N#Cc1cc2c(nc1SCC(=O)Nc1c[n+](N3CCOCC3)no1)CCCCCC2. The van der Waals surface area contributed by atoms with Gasteiger partial charge in [0.1, 0.15) is 11.1 Å². The molecule has 9 nitrogen and oxygen atoms in total. The highest BCUT2D eigenvalue weighted by molar-refractivity contribution is 8.00. The van der Waals surface area contributed by atoms with Crippen LogP contribution in [0.5, 0.6) is 0 Å². The van der Waals surface area contributed by atoms with E-state index < -0.39 is 0 Å². The molecule has 1 N–H and O–H groups in total. The van der Waals surface area contributed by atoms with Crippen LogP contribution in [0.25, 0.3) is 0 Å². The second-order valence-electron chi connectivity index (χ2n) is 7.36. The Hall–Kier alpha value is -2.64. The highest BCUT2D eigenvalue weighted by Crippen LogP contribution is 2.26. The number of nitriles is 1. The summed E-state index contributed by atoms with van der Waals surface area (Å²) in [6.45, 7) is 2.68. The van der Waals surface area contributed by atoms with E-state index in [0.29, 0.717) is 36.9 Å². The lowest BCUT2D eigenvalue weighted by molar-refractivity contribution is -0.759. The van der Waals surface area contributed by atoms with Crippen LogP contribution in [0.4, 0.5) is 5.88 Å². The van der Waals surface area contributed by atoms with Crippen LogP contribution in [-0.4, -0.2) is 48.2 Å². The first-order valence-corrected chi connectivity index (χ1v) is 11.3. The number of amides is 1. The molecule has 158 valence electrons. The van der Waals surface area contributed by atoms with Gasteiger partial charge in [-0.1, -0.05) is 24.6 Å². The maximum Gasteiger partial charge on any atom is 0.305 e. The molecule has 30 heavy (non-hydrogen) atoms. The summed E-state index contributed by atoms with van der Waals surface area (Å²) in [5.74, 6) is 0.181. The molecular weight excluding hydrogens is 404 g/mol. The maximum absolute atomic E-state index is 12.4. The second-order valence-corrected chi connectivity index (χ2v) is 8.33. The maximum atomic E-state index is 12.4. The minimum Gasteiger partial charge on any atom is -0.377 e. The summed E-state index contributed by atoms with van der Waals surface area (Å²) < 4.78 is 10.5. The average molecular weight is 430 g/mol. The van der Waals surface area contributed by atoms with E-state index in [9.17, 15) is 10.1 Å². The Labute approximate surface area is 179 Å². The molecule has 1 fully saturated rings. The fraction of sp³-hybridized carbons (Fsp3) is 0.550. The van der Waals surface area contributed by atoms with Gasteiger partial charge in [-0.2, -0.15) is 5.26 Å². The zero-order valence-corrected chi connectivity index (χ0v) is 17.6. The molecule has 3 heterocycles. The van der Waals surface area contributed by atoms with Gasteiger partial charge in [0.2, 0.25) is 11.2 Å². The summed E-state index contributed by atoms with van der Waals surface area (Å²) in [7, 11) is 0. The Morgan fingerprint density at radius 1 is 1.27 bits per heavy atom. The third-order valence-corrected chi connectivity index (χ3v) is 6.21. The predicted molar refractivity (Wildman–Crippen MR) is 110 cm³/mol. The summed E-state index contributed by atoms with van der Waals surface area (Å²) in [4.78, 5) is 18.7. The number of anilines is 1. The van der Waals surface area contributed by atoms with Crippen LogP contribution in [0.15, 0.2) is 21.8 Å². The molecule has 0 spiro atoms. The number of thioether (sulfide) groups is 1. The zero-order chi connectivity index (χ0) is 20.8. The Morgan fingerprint density at radius 2 is 2.07 bits per heavy atom. The van der Waals surface area contributed by atoms with Crippen molar-refractivity contribution in [2.45, 2.75) is 43.6 Å². The molecule has 4 rings (SSSR count). The Bertz CT molecular complexity index is 935. The number of hydrogen-bond donors (Lipinski definition) is 1.